The zero-order valence-corrected chi connectivity index (χ0v) is 19.0. The minimum Gasteiger partial charge on any atom is -0.467 e. The highest BCUT2D eigenvalue weighted by atomic mass is 35.5. The van der Waals surface area contributed by atoms with Crippen LogP contribution in [0.25, 0.3) is 11.4 Å². The van der Waals surface area contributed by atoms with Crippen LogP contribution in [0.5, 0.6) is 0 Å². The molecule has 0 saturated carbocycles. The fourth-order valence-electron chi connectivity index (χ4n) is 2.86. The van der Waals surface area contributed by atoms with Crippen LogP contribution in [0.1, 0.15) is 5.76 Å². The zero-order valence-electron chi connectivity index (χ0n) is 15.9. The minimum absolute atomic E-state index is 0.0907. The van der Waals surface area contributed by atoms with Crippen LogP contribution < -0.4 is 5.32 Å². The van der Waals surface area contributed by atoms with Crippen LogP contribution in [-0.2, 0) is 11.3 Å². The Balaban J connectivity index is 1.55. The van der Waals surface area contributed by atoms with E-state index in [1.54, 1.807) is 30.5 Å². The summed E-state index contributed by atoms with van der Waals surface area (Å²) in [4.78, 5) is 12.5. The van der Waals surface area contributed by atoms with Gasteiger partial charge in [-0.1, -0.05) is 64.8 Å². The van der Waals surface area contributed by atoms with Crippen LogP contribution in [0.3, 0.4) is 0 Å². The smallest absolute Gasteiger partial charge is 0.234 e. The fraction of sp³-hybridized carbons (Fsp3) is 0.0952. The summed E-state index contributed by atoms with van der Waals surface area (Å²) in [6.45, 7) is 0.405. The Morgan fingerprint density at radius 2 is 1.81 bits per heavy atom. The molecular formula is C21H15Cl3N4O2S. The number of carbonyl (C=O) groups excluding carboxylic acids is 1. The summed E-state index contributed by atoms with van der Waals surface area (Å²) in [6.07, 6.45) is 1.60. The largest absolute Gasteiger partial charge is 0.467 e. The number of halogens is 3. The van der Waals surface area contributed by atoms with Gasteiger partial charge in [-0.2, -0.15) is 0 Å². The third-order valence-corrected chi connectivity index (χ3v) is 6.09. The van der Waals surface area contributed by atoms with Crippen molar-refractivity contribution in [3.63, 3.8) is 0 Å². The summed E-state index contributed by atoms with van der Waals surface area (Å²) in [7, 11) is 0. The molecule has 0 aliphatic carbocycles. The molecule has 4 rings (SSSR count). The second-order valence-electron chi connectivity index (χ2n) is 6.42. The number of anilines is 1. The van der Waals surface area contributed by atoms with Gasteiger partial charge < -0.3 is 9.73 Å². The molecule has 31 heavy (non-hydrogen) atoms. The van der Waals surface area contributed by atoms with Crippen LogP contribution in [0.2, 0.25) is 15.1 Å². The molecule has 158 valence electrons. The lowest BCUT2D eigenvalue weighted by atomic mass is 10.2. The molecule has 1 amide bonds. The van der Waals surface area contributed by atoms with Gasteiger partial charge in [0.2, 0.25) is 5.91 Å². The van der Waals surface area contributed by atoms with Gasteiger partial charge in [-0.15, -0.1) is 10.2 Å². The number of carbonyl (C=O) groups is 1. The molecule has 0 unspecified atom stereocenters. The number of hydrogen-bond donors (Lipinski definition) is 1. The summed E-state index contributed by atoms with van der Waals surface area (Å²) in [5.74, 6) is 1.18. The Kier molecular flexibility index (Phi) is 6.87. The molecule has 6 nitrogen and oxygen atoms in total. The Morgan fingerprint density at radius 1 is 1.03 bits per heavy atom. The molecule has 0 atom stereocenters. The van der Waals surface area contributed by atoms with Crippen LogP contribution in [-0.4, -0.2) is 26.4 Å². The average molecular weight is 494 g/mol. The van der Waals surface area contributed by atoms with Crippen molar-refractivity contribution < 1.29 is 9.21 Å². The van der Waals surface area contributed by atoms with Crippen molar-refractivity contribution in [1.82, 2.24) is 14.8 Å². The number of hydrogen-bond acceptors (Lipinski definition) is 5. The maximum absolute atomic E-state index is 12.5. The molecule has 0 fully saturated rings. The van der Waals surface area contributed by atoms with E-state index in [0.717, 1.165) is 11.3 Å². The van der Waals surface area contributed by atoms with Crippen LogP contribution in [0, 0.1) is 0 Å². The number of amides is 1. The van der Waals surface area contributed by atoms with Gasteiger partial charge in [0.1, 0.15) is 5.76 Å². The van der Waals surface area contributed by atoms with Crippen molar-refractivity contribution in [3.8, 4) is 11.4 Å². The Hall–Kier alpha value is -2.45. The standard InChI is InChI=1S/C21H15Cl3N4O2S/c22-14-5-1-4-13(10-14)20-26-27-21(28(20)11-15-6-3-9-30-15)31-12-18(29)25-19-16(23)7-2-8-17(19)24/h1-10H,11-12H2,(H,25,29). The first-order valence-electron chi connectivity index (χ1n) is 9.09. The topological polar surface area (TPSA) is 73.0 Å². The molecular weight excluding hydrogens is 479 g/mol. The molecule has 2 aromatic carbocycles. The highest BCUT2D eigenvalue weighted by Crippen LogP contribution is 2.31. The Labute approximate surface area is 197 Å². The Bertz CT molecular complexity index is 1190. The molecule has 1 N–H and O–H groups in total. The van der Waals surface area contributed by atoms with Crippen LogP contribution in [0.4, 0.5) is 5.69 Å². The summed E-state index contributed by atoms with van der Waals surface area (Å²) in [5.41, 5.74) is 1.19. The predicted molar refractivity (Wildman–Crippen MR) is 124 cm³/mol. The van der Waals surface area contributed by atoms with E-state index >= 15 is 0 Å². The van der Waals surface area contributed by atoms with Crippen molar-refractivity contribution in [3.05, 3.63) is 81.7 Å². The lowest BCUT2D eigenvalue weighted by molar-refractivity contribution is -0.113. The van der Waals surface area contributed by atoms with Crippen molar-refractivity contribution in [2.45, 2.75) is 11.7 Å². The molecule has 10 heteroatoms. The molecule has 0 aliphatic rings. The second kappa shape index (κ2) is 9.78. The number of para-hydroxylation sites is 1. The molecule has 2 heterocycles. The van der Waals surface area contributed by atoms with E-state index in [0.29, 0.717) is 38.3 Å². The monoisotopic (exact) mass is 492 g/mol. The highest BCUT2D eigenvalue weighted by Gasteiger charge is 2.18. The van der Waals surface area contributed by atoms with E-state index in [1.165, 1.54) is 11.8 Å². The maximum Gasteiger partial charge on any atom is 0.234 e. The first kappa shape index (κ1) is 21.8. The third-order valence-electron chi connectivity index (χ3n) is 4.25. The van der Waals surface area contributed by atoms with Gasteiger partial charge in [0.15, 0.2) is 11.0 Å². The zero-order chi connectivity index (χ0) is 21.8. The lowest BCUT2D eigenvalue weighted by Gasteiger charge is -2.10. The van der Waals surface area contributed by atoms with Gasteiger partial charge in [0.05, 0.1) is 34.3 Å². The maximum atomic E-state index is 12.5. The minimum atomic E-state index is -0.267. The van der Waals surface area contributed by atoms with E-state index < -0.39 is 0 Å². The number of aromatic nitrogens is 3. The van der Waals surface area contributed by atoms with Gasteiger partial charge in [0, 0.05) is 10.6 Å². The SMILES string of the molecule is O=C(CSc1nnc(-c2cccc(Cl)c2)n1Cc1ccco1)Nc1c(Cl)cccc1Cl. The van der Waals surface area contributed by atoms with Gasteiger partial charge in [0.25, 0.3) is 0 Å². The summed E-state index contributed by atoms with van der Waals surface area (Å²) >= 11 is 19.6. The number of nitrogens with one attached hydrogen (secondary N) is 1. The molecule has 0 aliphatic heterocycles. The van der Waals surface area contributed by atoms with Crippen LogP contribution in [0.15, 0.2) is 70.4 Å². The number of benzene rings is 2. The molecule has 0 spiro atoms. The summed E-state index contributed by atoms with van der Waals surface area (Å²) in [6, 6.07) is 16.0. The van der Waals surface area contributed by atoms with Crippen LogP contribution >= 0.6 is 46.6 Å². The first-order chi connectivity index (χ1) is 15.0. The highest BCUT2D eigenvalue weighted by molar-refractivity contribution is 7.99. The van der Waals surface area contributed by atoms with Crippen molar-refractivity contribution in [2.24, 2.45) is 0 Å². The molecule has 2 aromatic heterocycles. The van der Waals surface area contributed by atoms with Gasteiger partial charge in [-0.3, -0.25) is 9.36 Å². The fourth-order valence-corrected chi connectivity index (χ4v) is 4.28. The van der Waals surface area contributed by atoms with E-state index in [9.17, 15) is 4.79 Å². The number of nitrogens with zero attached hydrogens (tertiary/aromatic N) is 3. The molecule has 4 aromatic rings. The summed E-state index contributed by atoms with van der Waals surface area (Å²) in [5, 5.41) is 13.2. The quantitative estimate of drug-likeness (QED) is 0.307. The molecule has 0 radical (unpaired) electrons. The normalized spacial score (nSPS) is 10.9. The lowest BCUT2D eigenvalue weighted by Crippen LogP contribution is -2.15. The van der Waals surface area contributed by atoms with Crippen molar-refractivity contribution in [2.75, 3.05) is 11.1 Å². The number of furan rings is 1. The molecule has 0 bridgehead atoms. The molecule has 0 saturated heterocycles. The predicted octanol–water partition coefficient (Wildman–Crippen LogP) is 6.28. The van der Waals surface area contributed by atoms with Gasteiger partial charge in [-0.05, 0) is 36.4 Å². The first-order valence-corrected chi connectivity index (χ1v) is 11.2. The van der Waals surface area contributed by atoms with Gasteiger partial charge in [-0.25, -0.2) is 0 Å². The summed E-state index contributed by atoms with van der Waals surface area (Å²) < 4.78 is 7.37. The van der Waals surface area contributed by atoms with Crippen molar-refractivity contribution in [1.29, 1.82) is 0 Å². The number of thioether (sulfide) groups is 1. The second-order valence-corrected chi connectivity index (χ2v) is 8.61. The van der Waals surface area contributed by atoms with Crippen molar-refractivity contribution >= 4 is 58.2 Å². The van der Waals surface area contributed by atoms with E-state index in [1.807, 2.05) is 34.9 Å². The Morgan fingerprint density at radius 3 is 2.52 bits per heavy atom. The average Bonchev–Trinajstić information content (AvgIpc) is 3.40. The van der Waals surface area contributed by atoms with E-state index in [-0.39, 0.29) is 11.7 Å². The van der Waals surface area contributed by atoms with E-state index in [2.05, 4.69) is 15.5 Å². The van der Waals surface area contributed by atoms with E-state index in [4.69, 9.17) is 39.2 Å². The number of rotatable bonds is 7. The van der Waals surface area contributed by atoms with Gasteiger partial charge >= 0.3 is 0 Å². The third kappa shape index (κ3) is 5.25.